The second kappa shape index (κ2) is 4.72. The number of benzene rings is 2. The van der Waals surface area contributed by atoms with Crippen LogP contribution in [0.5, 0.6) is 0 Å². The third kappa shape index (κ3) is 1.96. The molecule has 0 saturated heterocycles. The van der Waals surface area contributed by atoms with Gasteiger partial charge in [0.1, 0.15) is 5.54 Å². The average Bonchev–Trinajstić information content (AvgIpc) is 2.62. The van der Waals surface area contributed by atoms with Crippen molar-refractivity contribution in [3.8, 4) is 0 Å². The minimum Gasteiger partial charge on any atom is -0.314 e. The molecule has 1 aliphatic heterocycles. The van der Waals surface area contributed by atoms with E-state index in [0.29, 0.717) is 6.54 Å². The molecule has 1 atom stereocenters. The zero-order valence-corrected chi connectivity index (χ0v) is 12.7. The molecule has 0 aromatic heterocycles. The van der Waals surface area contributed by atoms with Gasteiger partial charge < -0.3 is 10.6 Å². The van der Waals surface area contributed by atoms with E-state index in [4.69, 9.17) is 5.73 Å². The topological polar surface area (TPSA) is 46.3 Å². The van der Waals surface area contributed by atoms with Gasteiger partial charge in [0.05, 0.1) is 12.2 Å². The van der Waals surface area contributed by atoms with Gasteiger partial charge >= 0.3 is 0 Å². The van der Waals surface area contributed by atoms with E-state index in [1.54, 1.807) is 11.8 Å². The van der Waals surface area contributed by atoms with Crippen LogP contribution in [-0.4, -0.2) is 5.91 Å². The molecule has 0 bridgehead atoms. The molecular weight excluding hydrogens is 316 g/mol. The molecule has 4 heteroatoms. The molecule has 2 N–H and O–H groups in total. The Kier molecular flexibility index (Phi) is 3.15. The van der Waals surface area contributed by atoms with Crippen LogP contribution in [-0.2, 0) is 16.9 Å². The van der Waals surface area contributed by atoms with Crippen molar-refractivity contribution in [2.45, 2.75) is 19.0 Å². The van der Waals surface area contributed by atoms with Crippen LogP contribution in [0.25, 0.3) is 0 Å². The normalized spacial score (nSPS) is 21.1. The SMILES string of the molecule is C[C@@]1(N)C(=O)N(Cc2ccccc2)c2cccc(Br)c21. The number of nitrogens with two attached hydrogens (primary N) is 1. The fraction of sp³-hybridized carbons (Fsp3) is 0.188. The molecular formula is C16H15BrN2O. The molecule has 0 fully saturated rings. The van der Waals surface area contributed by atoms with E-state index in [1.165, 1.54) is 0 Å². The summed E-state index contributed by atoms with van der Waals surface area (Å²) >= 11 is 3.50. The average molecular weight is 331 g/mol. The molecule has 2 aromatic carbocycles. The number of rotatable bonds is 2. The maximum absolute atomic E-state index is 12.6. The monoisotopic (exact) mass is 330 g/mol. The Hall–Kier alpha value is -1.65. The molecule has 0 aliphatic carbocycles. The summed E-state index contributed by atoms with van der Waals surface area (Å²) in [6.45, 7) is 2.31. The predicted octanol–water partition coefficient (Wildman–Crippen LogP) is 3.17. The van der Waals surface area contributed by atoms with Crippen LogP contribution in [0.15, 0.2) is 53.0 Å². The van der Waals surface area contributed by atoms with Gasteiger partial charge in [-0.2, -0.15) is 0 Å². The van der Waals surface area contributed by atoms with E-state index in [1.807, 2.05) is 48.5 Å². The van der Waals surface area contributed by atoms with Crippen LogP contribution >= 0.6 is 15.9 Å². The minimum absolute atomic E-state index is 0.0664. The molecule has 2 aromatic rings. The first-order valence-electron chi connectivity index (χ1n) is 6.45. The third-order valence-corrected chi connectivity index (χ3v) is 4.34. The van der Waals surface area contributed by atoms with Gasteiger partial charge in [0.15, 0.2) is 0 Å². The van der Waals surface area contributed by atoms with Gasteiger partial charge in [0.25, 0.3) is 5.91 Å². The first-order chi connectivity index (χ1) is 9.51. The first kappa shape index (κ1) is 13.3. The summed E-state index contributed by atoms with van der Waals surface area (Å²) < 4.78 is 0.879. The number of carbonyl (C=O) groups excluding carboxylic acids is 1. The summed E-state index contributed by atoms with van der Waals surface area (Å²) in [6, 6.07) is 15.7. The van der Waals surface area contributed by atoms with E-state index in [2.05, 4.69) is 15.9 Å². The van der Waals surface area contributed by atoms with Crippen molar-refractivity contribution in [3.63, 3.8) is 0 Å². The van der Waals surface area contributed by atoms with Gasteiger partial charge in [-0.15, -0.1) is 0 Å². The first-order valence-corrected chi connectivity index (χ1v) is 7.25. The number of hydrogen-bond acceptors (Lipinski definition) is 2. The lowest BCUT2D eigenvalue weighted by Crippen LogP contribution is -2.44. The predicted molar refractivity (Wildman–Crippen MR) is 83.3 cm³/mol. The van der Waals surface area contributed by atoms with Gasteiger partial charge in [0.2, 0.25) is 0 Å². The van der Waals surface area contributed by atoms with Crippen LogP contribution in [0.4, 0.5) is 5.69 Å². The second-order valence-corrected chi connectivity index (χ2v) is 6.07. The number of hydrogen-bond donors (Lipinski definition) is 1. The Labute approximate surface area is 126 Å². The highest BCUT2D eigenvalue weighted by atomic mass is 79.9. The highest BCUT2D eigenvalue weighted by Gasteiger charge is 2.45. The standard InChI is InChI=1S/C16H15BrN2O/c1-16(18)14-12(17)8-5-9-13(14)19(15(16)20)10-11-6-3-2-4-7-11/h2-9H,10,18H2,1H3/t16-/m0/s1. The lowest BCUT2D eigenvalue weighted by molar-refractivity contribution is -0.122. The Morgan fingerprint density at radius 1 is 1.15 bits per heavy atom. The van der Waals surface area contributed by atoms with Crippen molar-refractivity contribution >= 4 is 27.5 Å². The van der Waals surface area contributed by atoms with Crippen molar-refractivity contribution in [3.05, 3.63) is 64.1 Å². The zero-order valence-electron chi connectivity index (χ0n) is 11.1. The lowest BCUT2D eigenvalue weighted by Gasteiger charge is -2.20. The van der Waals surface area contributed by atoms with Crippen molar-refractivity contribution in [2.24, 2.45) is 5.73 Å². The zero-order chi connectivity index (χ0) is 14.3. The van der Waals surface area contributed by atoms with E-state index < -0.39 is 5.54 Å². The summed E-state index contributed by atoms with van der Waals surface area (Å²) in [5.74, 6) is -0.0664. The van der Waals surface area contributed by atoms with Gasteiger partial charge in [-0.05, 0) is 24.6 Å². The molecule has 0 radical (unpaired) electrons. The van der Waals surface area contributed by atoms with Crippen LogP contribution in [0.1, 0.15) is 18.1 Å². The van der Waals surface area contributed by atoms with Crippen molar-refractivity contribution in [1.82, 2.24) is 0 Å². The highest BCUT2D eigenvalue weighted by Crippen LogP contribution is 2.43. The molecule has 102 valence electrons. The lowest BCUT2D eigenvalue weighted by atomic mass is 9.95. The van der Waals surface area contributed by atoms with E-state index in [9.17, 15) is 4.79 Å². The highest BCUT2D eigenvalue weighted by molar-refractivity contribution is 9.10. The van der Waals surface area contributed by atoms with Crippen molar-refractivity contribution in [1.29, 1.82) is 0 Å². The van der Waals surface area contributed by atoms with Gasteiger partial charge in [-0.25, -0.2) is 0 Å². The van der Waals surface area contributed by atoms with E-state index in [0.717, 1.165) is 21.3 Å². The third-order valence-electron chi connectivity index (χ3n) is 3.67. The Morgan fingerprint density at radius 2 is 1.85 bits per heavy atom. The fourth-order valence-electron chi connectivity index (χ4n) is 2.67. The molecule has 0 saturated carbocycles. The Balaban J connectivity index is 2.06. The van der Waals surface area contributed by atoms with E-state index in [-0.39, 0.29) is 5.91 Å². The van der Waals surface area contributed by atoms with E-state index >= 15 is 0 Å². The Bertz CT molecular complexity index is 667. The number of carbonyl (C=O) groups is 1. The summed E-state index contributed by atoms with van der Waals surface area (Å²) in [5, 5.41) is 0. The summed E-state index contributed by atoms with van der Waals surface area (Å²) in [6.07, 6.45) is 0. The van der Waals surface area contributed by atoms with Crippen LogP contribution < -0.4 is 10.6 Å². The quantitative estimate of drug-likeness (QED) is 0.919. The Morgan fingerprint density at radius 3 is 2.55 bits per heavy atom. The van der Waals surface area contributed by atoms with Crippen LogP contribution in [0.3, 0.4) is 0 Å². The van der Waals surface area contributed by atoms with Crippen molar-refractivity contribution < 1.29 is 4.79 Å². The minimum atomic E-state index is -0.982. The molecule has 1 heterocycles. The number of anilines is 1. The summed E-state index contributed by atoms with van der Waals surface area (Å²) in [5.41, 5.74) is 8.11. The molecule has 0 unspecified atom stereocenters. The van der Waals surface area contributed by atoms with Crippen molar-refractivity contribution in [2.75, 3.05) is 4.90 Å². The molecule has 3 nitrogen and oxygen atoms in total. The summed E-state index contributed by atoms with van der Waals surface area (Å²) in [4.78, 5) is 14.4. The largest absolute Gasteiger partial charge is 0.314 e. The maximum Gasteiger partial charge on any atom is 0.251 e. The molecule has 3 rings (SSSR count). The number of halogens is 1. The molecule has 20 heavy (non-hydrogen) atoms. The second-order valence-electron chi connectivity index (χ2n) is 5.21. The molecule has 1 amide bonds. The number of amides is 1. The fourth-order valence-corrected chi connectivity index (χ4v) is 3.44. The smallest absolute Gasteiger partial charge is 0.251 e. The van der Waals surface area contributed by atoms with Gasteiger partial charge in [-0.3, -0.25) is 4.79 Å². The summed E-state index contributed by atoms with van der Waals surface area (Å²) in [7, 11) is 0. The van der Waals surface area contributed by atoms with Gasteiger partial charge in [-0.1, -0.05) is 52.3 Å². The molecule has 1 aliphatic rings. The maximum atomic E-state index is 12.6. The van der Waals surface area contributed by atoms with Gasteiger partial charge in [0, 0.05) is 10.0 Å². The number of fused-ring (bicyclic) bond motifs is 1. The van der Waals surface area contributed by atoms with Crippen LogP contribution in [0, 0.1) is 0 Å². The molecule has 0 spiro atoms. The number of nitrogens with zero attached hydrogens (tertiary/aromatic N) is 1. The van der Waals surface area contributed by atoms with Crippen LogP contribution in [0.2, 0.25) is 0 Å².